The van der Waals surface area contributed by atoms with E-state index in [1.165, 1.54) is 0 Å². The molecular formula is C11H15NO3. The van der Waals surface area contributed by atoms with Crippen LogP contribution in [0.3, 0.4) is 0 Å². The van der Waals surface area contributed by atoms with Gasteiger partial charge in [-0.05, 0) is 19.4 Å². The molecule has 0 amide bonds. The third kappa shape index (κ3) is 3.25. The predicted octanol–water partition coefficient (Wildman–Crippen LogP) is 1.18. The molecule has 0 aliphatic rings. The second-order valence-electron chi connectivity index (χ2n) is 3.59. The topological polar surface area (TPSA) is 69.6 Å². The summed E-state index contributed by atoms with van der Waals surface area (Å²) < 4.78 is 0. The molecular weight excluding hydrogens is 194 g/mol. The molecule has 1 aromatic carbocycles. The number of aromatic hydroxyl groups is 1. The average Bonchev–Trinajstić information content (AvgIpc) is 2.12. The highest BCUT2D eigenvalue weighted by molar-refractivity contribution is 5.69. The Labute approximate surface area is 88.6 Å². The number of carbonyl (C=O) groups is 1. The van der Waals surface area contributed by atoms with E-state index in [4.69, 9.17) is 5.11 Å². The molecule has 3 N–H and O–H groups in total. The lowest BCUT2D eigenvalue weighted by Crippen LogP contribution is -2.22. The second-order valence-corrected chi connectivity index (χ2v) is 3.59. The number of aliphatic carboxylic acids is 1. The lowest BCUT2D eigenvalue weighted by molar-refractivity contribution is -0.136. The summed E-state index contributed by atoms with van der Waals surface area (Å²) in [4.78, 5) is 10.3. The Morgan fingerprint density at radius 3 is 2.67 bits per heavy atom. The van der Waals surface area contributed by atoms with E-state index >= 15 is 0 Å². The molecule has 0 spiro atoms. The van der Waals surface area contributed by atoms with Crippen LogP contribution in [0.5, 0.6) is 5.75 Å². The Kier molecular flexibility index (Phi) is 3.68. The van der Waals surface area contributed by atoms with Gasteiger partial charge in [-0.2, -0.15) is 0 Å². The van der Waals surface area contributed by atoms with Crippen LogP contribution >= 0.6 is 0 Å². The van der Waals surface area contributed by atoms with E-state index in [2.05, 4.69) is 5.32 Å². The molecule has 0 heterocycles. The summed E-state index contributed by atoms with van der Waals surface area (Å²) in [7, 11) is 0. The van der Waals surface area contributed by atoms with Crippen LogP contribution in [0, 0.1) is 13.8 Å². The summed E-state index contributed by atoms with van der Waals surface area (Å²) in [6, 6.07) is 3.73. The molecule has 1 aromatic rings. The van der Waals surface area contributed by atoms with Crippen LogP contribution in [0.15, 0.2) is 12.1 Å². The molecule has 15 heavy (non-hydrogen) atoms. The molecule has 0 atom stereocenters. The molecule has 1 rings (SSSR count). The van der Waals surface area contributed by atoms with Crippen molar-refractivity contribution >= 4 is 5.97 Å². The number of aryl methyl sites for hydroxylation is 2. The minimum atomic E-state index is -0.904. The van der Waals surface area contributed by atoms with Gasteiger partial charge in [-0.15, -0.1) is 0 Å². The van der Waals surface area contributed by atoms with Gasteiger partial charge in [0, 0.05) is 12.1 Å². The zero-order valence-electron chi connectivity index (χ0n) is 8.87. The van der Waals surface area contributed by atoms with Crippen molar-refractivity contribution < 1.29 is 15.0 Å². The van der Waals surface area contributed by atoms with E-state index in [0.717, 1.165) is 16.7 Å². The molecule has 4 nitrogen and oxygen atoms in total. The number of carboxylic acid groups (broad SMARTS) is 1. The van der Waals surface area contributed by atoms with Gasteiger partial charge in [-0.25, -0.2) is 0 Å². The number of nitrogens with one attached hydrogen (secondary N) is 1. The van der Waals surface area contributed by atoms with Gasteiger partial charge in [0.2, 0.25) is 0 Å². The maximum Gasteiger partial charge on any atom is 0.317 e. The van der Waals surface area contributed by atoms with Crippen molar-refractivity contribution in [1.29, 1.82) is 0 Å². The zero-order valence-corrected chi connectivity index (χ0v) is 8.87. The van der Waals surface area contributed by atoms with Gasteiger partial charge in [0.25, 0.3) is 0 Å². The van der Waals surface area contributed by atoms with Gasteiger partial charge < -0.3 is 15.5 Å². The minimum absolute atomic E-state index is 0.105. The maximum atomic E-state index is 10.3. The Balaban J connectivity index is 2.72. The smallest absolute Gasteiger partial charge is 0.317 e. The standard InChI is InChI=1S/C11H15NO3/c1-7-3-8(2)11(15)9(4-7)5-12-6-10(13)14/h3-4,12,15H,5-6H2,1-2H3,(H,13,14). The van der Waals surface area contributed by atoms with Crippen molar-refractivity contribution in [2.24, 2.45) is 0 Å². The highest BCUT2D eigenvalue weighted by Gasteiger charge is 2.05. The average molecular weight is 209 g/mol. The monoisotopic (exact) mass is 209 g/mol. The first-order valence-electron chi connectivity index (χ1n) is 4.72. The summed E-state index contributed by atoms with van der Waals surface area (Å²) in [5.41, 5.74) is 2.59. The molecule has 0 saturated heterocycles. The Morgan fingerprint density at radius 2 is 2.07 bits per heavy atom. The third-order valence-corrected chi connectivity index (χ3v) is 2.12. The molecule has 0 fully saturated rings. The SMILES string of the molecule is Cc1cc(C)c(O)c(CNCC(=O)O)c1. The van der Waals surface area contributed by atoms with Crippen LogP contribution in [0.2, 0.25) is 0 Å². The number of carboxylic acids is 1. The highest BCUT2D eigenvalue weighted by atomic mass is 16.4. The van der Waals surface area contributed by atoms with Crippen LogP contribution in [0.4, 0.5) is 0 Å². The Hall–Kier alpha value is -1.55. The van der Waals surface area contributed by atoms with Crippen LogP contribution < -0.4 is 5.32 Å². The summed E-state index contributed by atoms with van der Waals surface area (Å²) in [6.07, 6.45) is 0. The Bertz CT molecular complexity index is 374. The predicted molar refractivity (Wildman–Crippen MR) is 56.9 cm³/mol. The van der Waals surface area contributed by atoms with Crippen LogP contribution in [0.1, 0.15) is 16.7 Å². The zero-order chi connectivity index (χ0) is 11.4. The molecule has 0 unspecified atom stereocenters. The fourth-order valence-electron chi connectivity index (χ4n) is 1.49. The third-order valence-electron chi connectivity index (χ3n) is 2.12. The molecule has 0 aromatic heterocycles. The van der Waals surface area contributed by atoms with Crippen molar-refractivity contribution in [3.8, 4) is 5.75 Å². The molecule has 4 heteroatoms. The van der Waals surface area contributed by atoms with E-state index < -0.39 is 5.97 Å². The lowest BCUT2D eigenvalue weighted by Gasteiger charge is -2.09. The molecule has 0 saturated carbocycles. The number of hydrogen-bond acceptors (Lipinski definition) is 3. The summed E-state index contributed by atoms with van der Waals surface area (Å²) in [6.45, 7) is 4.02. The number of phenols is 1. The lowest BCUT2D eigenvalue weighted by atomic mass is 10.1. The van der Waals surface area contributed by atoms with E-state index in [1.54, 1.807) is 0 Å². The van der Waals surface area contributed by atoms with Crippen LogP contribution in [-0.2, 0) is 11.3 Å². The van der Waals surface area contributed by atoms with Crippen molar-refractivity contribution in [2.45, 2.75) is 20.4 Å². The van der Waals surface area contributed by atoms with Crippen molar-refractivity contribution in [2.75, 3.05) is 6.54 Å². The normalized spacial score (nSPS) is 10.3. The second kappa shape index (κ2) is 4.79. The fraction of sp³-hybridized carbons (Fsp3) is 0.364. The summed E-state index contributed by atoms with van der Waals surface area (Å²) in [5.74, 6) is -0.669. The van der Waals surface area contributed by atoms with Gasteiger partial charge >= 0.3 is 5.97 Å². The first-order valence-corrected chi connectivity index (χ1v) is 4.72. The number of rotatable bonds is 4. The number of hydrogen-bond donors (Lipinski definition) is 3. The van der Waals surface area contributed by atoms with Gasteiger partial charge in [0.1, 0.15) is 5.75 Å². The van der Waals surface area contributed by atoms with Crippen LogP contribution in [0.25, 0.3) is 0 Å². The van der Waals surface area contributed by atoms with E-state index in [-0.39, 0.29) is 12.3 Å². The van der Waals surface area contributed by atoms with Gasteiger partial charge in [-0.1, -0.05) is 17.7 Å². The van der Waals surface area contributed by atoms with Crippen LogP contribution in [-0.4, -0.2) is 22.7 Å². The molecule has 0 aliphatic carbocycles. The van der Waals surface area contributed by atoms with Gasteiger partial charge in [0.15, 0.2) is 0 Å². The van der Waals surface area contributed by atoms with E-state index in [0.29, 0.717) is 6.54 Å². The number of phenolic OH excluding ortho intramolecular Hbond substituents is 1. The Morgan fingerprint density at radius 1 is 1.40 bits per heavy atom. The summed E-state index contributed by atoms with van der Waals surface area (Å²) in [5, 5.41) is 20.9. The number of benzene rings is 1. The molecule has 0 bridgehead atoms. The molecule has 82 valence electrons. The van der Waals surface area contributed by atoms with E-state index in [1.807, 2.05) is 26.0 Å². The van der Waals surface area contributed by atoms with Crippen molar-refractivity contribution in [3.05, 3.63) is 28.8 Å². The molecule has 0 radical (unpaired) electrons. The first-order chi connectivity index (χ1) is 7.00. The quantitative estimate of drug-likeness (QED) is 0.696. The fourth-order valence-corrected chi connectivity index (χ4v) is 1.49. The minimum Gasteiger partial charge on any atom is -0.507 e. The molecule has 0 aliphatic heterocycles. The van der Waals surface area contributed by atoms with Gasteiger partial charge in [-0.3, -0.25) is 4.79 Å². The summed E-state index contributed by atoms with van der Waals surface area (Å²) >= 11 is 0. The highest BCUT2D eigenvalue weighted by Crippen LogP contribution is 2.23. The largest absolute Gasteiger partial charge is 0.507 e. The maximum absolute atomic E-state index is 10.3. The van der Waals surface area contributed by atoms with Crippen molar-refractivity contribution in [1.82, 2.24) is 5.32 Å². The van der Waals surface area contributed by atoms with E-state index in [9.17, 15) is 9.90 Å². The van der Waals surface area contributed by atoms with Gasteiger partial charge in [0.05, 0.1) is 6.54 Å². The first kappa shape index (κ1) is 11.5. The van der Waals surface area contributed by atoms with Crippen molar-refractivity contribution in [3.63, 3.8) is 0 Å².